The molecule has 0 spiro atoms. The Morgan fingerprint density at radius 1 is 1.29 bits per heavy atom. The molecule has 0 fully saturated rings. The highest BCUT2D eigenvalue weighted by molar-refractivity contribution is 7.14. The van der Waals surface area contributed by atoms with Crippen LogP contribution in [0.25, 0.3) is 10.4 Å². The van der Waals surface area contributed by atoms with Gasteiger partial charge in [-0.3, -0.25) is 0 Å². The van der Waals surface area contributed by atoms with E-state index in [9.17, 15) is 18.0 Å². The molecule has 0 saturated heterocycles. The molecule has 0 radical (unpaired) electrons. The highest BCUT2D eigenvalue weighted by Gasteiger charge is 2.31. The van der Waals surface area contributed by atoms with Crippen LogP contribution in [0.5, 0.6) is 5.75 Å². The summed E-state index contributed by atoms with van der Waals surface area (Å²) in [4.78, 5) is 12.4. The Bertz CT molecular complexity index is 710. The number of ether oxygens (including phenoxy) is 3. The first-order valence-electron chi connectivity index (χ1n) is 6.96. The number of benzene rings is 1. The number of carbonyl (C=O) groups excluding carboxylic acids is 1. The van der Waals surface area contributed by atoms with Crippen molar-refractivity contribution in [3.8, 4) is 16.2 Å². The Hall–Kier alpha value is -2.06. The second-order valence-electron chi connectivity index (χ2n) is 4.66. The van der Waals surface area contributed by atoms with Gasteiger partial charge in [-0.05, 0) is 24.6 Å². The Kier molecular flexibility index (Phi) is 5.84. The van der Waals surface area contributed by atoms with Crippen LogP contribution in [0.3, 0.4) is 0 Å². The number of thiophene rings is 1. The van der Waals surface area contributed by atoms with E-state index >= 15 is 0 Å². The van der Waals surface area contributed by atoms with Gasteiger partial charge in [0.25, 0.3) is 0 Å². The van der Waals surface area contributed by atoms with Gasteiger partial charge in [-0.25, -0.2) is 4.79 Å². The lowest BCUT2D eigenvalue weighted by Gasteiger charge is -2.11. The Morgan fingerprint density at radius 2 is 2.04 bits per heavy atom. The van der Waals surface area contributed by atoms with Crippen molar-refractivity contribution >= 4 is 17.3 Å². The minimum absolute atomic E-state index is 0.144. The van der Waals surface area contributed by atoms with E-state index in [2.05, 4.69) is 0 Å². The summed E-state index contributed by atoms with van der Waals surface area (Å²) >= 11 is 1.10. The second-order valence-corrected chi connectivity index (χ2v) is 5.54. The van der Waals surface area contributed by atoms with Crippen LogP contribution >= 0.6 is 11.3 Å². The standard InChI is InChI=1S/C16H15F3O4S/c1-3-22-15(20)12-8-24-14(13(12)23-9-21-2)10-5-4-6-11(7-10)16(17,18)19/h4-8H,3,9H2,1-2H3. The predicted octanol–water partition coefficient (Wildman–Crippen LogP) is 4.59. The first-order valence-corrected chi connectivity index (χ1v) is 7.84. The van der Waals surface area contributed by atoms with E-state index in [4.69, 9.17) is 14.2 Å². The minimum Gasteiger partial charge on any atom is -0.465 e. The third-order valence-corrected chi connectivity index (χ3v) is 4.02. The van der Waals surface area contributed by atoms with Crippen molar-refractivity contribution in [3.63, 3.8) is 0 Å². The summed E-state index contributed by atoms with van der Waals surface area (Å²) in [5, 5.41) is 1.50. The van der Waals surface area contributed by atoms with Crippen LogP contribution in [0, 0.1) is 0 Å². The lowest BCUT2D eigenvalue weighted by molar-refractivity contribution is -0.137. The van der Waals surface area contributed by atoms with E-state index in [0.717, 1.165) is 23.5 Å². The summed E-state index contributed by atoms with van der Waals surface area (Å²) in [5.74, 6) is -0.447. The Labute approximate surface area is 140 Å². The molecule has 2 rings (SSSR count). The summed E-state index contributed by atoms with van der Waals surface area (Å²) < 4.78 is 53.9. The summed E-state index contributed by atoms with van der Waals surface area (Å²) in [6, 6.07) is 4.83. The van der Waals surface area contributed by atoms with Crippen molar-refractivity contribution in [1.82, 2.24) is 0 Å². The van der Waals surface area contributed by atoms with Gasteiger partial charge in [-0.1, -0.05) is 12.1 Å². The topological polar surface area (TPSA) is 44.8 Å². The van der Waals surface area contributed by atoms with Gasteiger partial charge in [0.1, 0.15) is 5.56 Å². The normalized spacial score (nSPS) is 11.4. The maximum Gasteiger partial charge on any atom is 0.416 e. The minimum atomic E-state index is -4.45. The molecule has 0 aliphatic carbocycles. The molecular weight excluding hydrogens is 345 g/mol. The van der Waals surface area contributed by atoms with E-state index in [1.54, 1.807) is 6.92 Å². The average molecular weight is 360 g/mol. The van der Waals surface area contributed by atoms with Crippen molar-refractivity contribution in [2.24, 2.45) is 0 Å². The molecule has 0 aliphatic heterocycles. The van der Waals surface area contributed by atoms with Crippen LogP contribution in [0.15, 0.2) is 29.6 Å². The Morgan fingerprint density at radius 3 is 2.67 bits per heavy atom. The fourth-order valence-corrected chi connectivity index (χ4v) is 2.97. The number of hydrogen-bond donors (Lipinski definition) is 0. The maximum atomic E-state index is 12.9. The van der Waals surface area contributed by atoms with Crippen LogP contribution in [-0.2, 0) is 15.7 Å². The first-order chi connectivity index (χ1) is 11.4. The van der Waals surface area contributed by atoms with Crippen molar-refractivity contribution in [3.05, 3.63) is 40.8 Å². The number of alkyl halides is 3. The van der Waals surface area contributed by atoms with Gasteiger partial charge in [0, 0.05) is 12.5 Å². The zero-order chi connectivity index (χ0) is 17.7. The van der Waals surface area contributed by atoms with Gasteiger partial charge >= 0.3 is 12.1 Å². The molecule has 1 aromatic heterocycles. The first kappa shape index (κ1) is 18.3. The smallest absolute Gasteiger partial charge is 0.416 e. The monoisotopic (exact) mass is 360 g/mol. The van der Waals surface area contributed by atoms with Crippen molar-refractivity contribution in [2.45, 2.75) is 13.1 Å². The van der Waals surface area contributed by atoms with Crippen LogP contribution in [0.1, 0.15) is 22.8 Å². The van der Waals surface area contributed by atoms with Gasteiger partial charge in [-0.2, -0.15) is 13.2 Å². The summed E-state index contributed by atoms with van der Waals surface area (Å²) in [6.07, 6.45) is -4.45. The van der Waals surface area contributed by atoms with E-state index in [1.807, 2.05) is 0 Å². The van der Waals surface area contributed by atoms with Gasteiger partial charge in [0.2, 0.25) is 0 Å². The van der Waals surface area contributed by atoms with E-state index < -0.39 is 17.7 Å². The third kappa shape index (κ3) is 4.07. The summed E-state index contributed by atoms with van der Waals surface area (Å²) in [5.41, 5.74) is -0.313. The van der Waals surface area contributed by atoms with Gasteiger partial charge in [-0.15, -0.1) is 11.3 Å². The van der Waals surface area contributed by atoms with Crippen molar-refractivity contribution in [1.29, 1.82) is 0 Å². The van der Waals surface area contributed by atoms with Gasteiger partial charge in [0.15, 0.2) is 12.5 Å². The van der Waals surface area contributed by atoms with Crippen LogP contribution in [0.4, 0.5) is 13.2 Å². The van der Waals surface area contributed by atoms with Crippen LogP contribution in [-0.4, -0.2) is 26.5 Å². The van der Waals surface area contributed by atoms with Crippen molar-refractivity contribution < 1.29 is 32.2 Å². The highest BCUT2D eigenvalue weighted by atomic mass is 32.1. The number of methoxy groups -OCH3 is 1. The fourth-order valence-electron chi connectivity index (χ4n) is 1.99. The molecular formula is C16H15F3O4S. The zero-order valence-corrected chi connectivity index (χ0v) is 13.8. The highest BCUT2D eigenvalue weighted by Crippen LogP contribution is 2.41. The van der Waals surface area contributed by atoms with Gasteiger partial charge in [0.05, 0.1) is 17.0 Å². The Balaban J connectivity index is 2.48. The van der Waals surface area contributed by atoms with Crippen LogP contribution in [0.2, 0.25) is 0 Å². The molecule has 4 nitrogen and oxygen atoms in total. The summed E-state index contributed by atoms with van der Waals surface area (Å²) in [6.45, 7) is 1.69. The summed E-state index contributed by atoms with van der Waals surface area (Å²) in [7, 11) is 1.40. The van der Waals surface area contributed by atoms with E-state index in [0.29, 0.717) is 10.4 Å². The lowest BCUT2D eigenvalue weighted by atomic mass is 10.1. The third-order valence-electron chi connectivity index (χ3n) is 3.01. The molecule has 0 N–H and O–H groups in total. The molecule has 0 aliphatic rings. The second kappa shape index (κ2) is 7.67. The number of rotatable bonds is 6. The molecule has 0 saturated carbocycles. The molecule has 24 heavy (non-hydrogen) atoms. The average Bonchev–Trinajstić information content (AvgIpc) is 2.96. The zero-order valence-electron chi connectivity index (χ0n) is 13.0. The van der Waals surface area contributed by atoms with Gasteiger partial charge < -0.3 is 14.2 Å². The molecule has 8 heteroatoms. The molecule has 1 heterocycles. The number of hydrogen-bond acceptors (Lipinski definition) is 5. The number of halogens is 3. The molecule has 0 bridgehead atoms. The molecule has 1 aromatic carbocycles. The fraction of sp³-hybridized carbons (Fsp3) is 0.312. The molecule has 130 valence electrons. The molecule has 0 amide bonds. The largest absolute Gasteiger partial charge is 0.465 e. The molecule has 0 unspecified atom stereocenters. The van der Waals surface area contributed by atoms with E-state index in [1.165, 1.54) is 24.6 Å². The number of esters is 1. The number of carbonyl (C=O) groups is 1. The predicted molar refractivity (Wildman–Crippen MR) is 83.2 cm³/mol. The lowest BCUT2D eigenvalue weighted by Crippen LogP contribution is -2.08. The molecule has 0 atom stereocenters. The van der Waals surface area contributed by atoms with Crippen molar-refractivity contribution in [2.75, 3.05) is 20.5 Å². The maximum absolute atomic E-state index is 12.9. The quantitative estimate of drug-likeness (QED) is 0.558. The molecule has 2 aromatic rings. The SMILES string of the molecule is CCOC(=O)c1csc(-c2cccc(C(F)(F)F)c2)c1OCOC. The van der Waals surface area contributed by atoms with Crippen LogP contribution < -0.4 is 4.74 Å². The van der Waals surface area contributed by atoms with E-state index in [-0.39, 0.29) is 24.7 Å².